The van der Waals surface area contributed by atoms with Crippen LogP contribution in [0.1, 0.15) is 51.6 Å². The molecule has 1 N–H and O–H groups in total. The van der Waals surface area contributed by atoms with Crippen molar-refractivity contribution in [3.05, 3.63) is 54.2 Å². The van der Waals surface area contributed by atoms with Crippen LogP contribution in [0.15, 0.2) is 48.7 Å². The lowest BCUT2D eigenvalue weighted by atomic mass is 9.97. The monoisotopic (exact) mass is 353 g/mol. The number of carbonyl (C=O) groups excluding carboxylic acids is 1. The van der Waals surface area contributed by atoms with E-state index in [9.17, 15) is 4.79 Å². The van der Waals surface area contributed by atoms with E-state index >= 15 is 0 Å². The topological polar surface area (TPSA) is 54.5 Å². The van der Waals surface area contributed by atoms with Gasteiger partial charge in [-0.05, 0) is 58.4 Å². The maximum atomic E-state index is 13.0. The van der Waals surface area contributed by atoms with Crippen LogP contribution < -0.4 is 10.2 Å². The Hall–Kier alpha value is -2.40. The first kappa shape index (κ1) is 18.4. The van der Waals surface area contributed by atoms with Crippen molar-refractivity contribution >= 4 is 17.6 Å². The quantitative estimate of drug-likeness (QED) is 0.846. The number of amides is 1. The zero-order valence-corrected chi connectivity index (χ0v) is 15.7. The summed E-state index contributed by atoms with van der Waals surface area (Å²) >= 11 is 0. The molecule has 0 bridgehead atoms. The lowest BCUT2D eigenvalue weighted by molar-refractivity contribution is 0.0598. The van der Waals surface area contributed by atoms with Gasteiger partial charge in [-0.2, -0.15) is 0 Å². The summed E-state index contributed by atoms with van der Waals surface area (Å²) in [6.07, 6.45) is 4.70. The summed E-state index contributed by atoms with van der Waals surface area (Å²) in [5.41, 5.74) is 1.20. The molecular weight excluding hydrogens is 326 g/mol. The number of hydrogen-bond acceptors (Lipinski definition) is 4. The number of piperidine rings is 1. The second-order valence-corrected chi connectivity index (χ2v) is 7.57. The minimum absolute atomic E-state index is 0.195. The number of pyridine rings is 1. The Morgan fingerprint density at radius 1 is 1.15 bits per heavy atom. The largest absolute Gasteiger partial charge is 0.443 e. The molecule has 1 aliphatic rings. The molecule has 1 aliphatic heterocycles. The van der Waals surface area contributed by atoms with Gasteiger partial charge in [-0.15, -0.1) is 0 Å². The molecule has 0 aliphatic carbocycles. The summed E-state index contributed by atoms with van der Waals surface area (Å²) in [7, 11) is 0. The zero-order chi connectivity index (χ0) is 18.6. The van der Waals surface area contributed by atoms with E-state index in [1.807, 2.05) is 63.2 Å². The maximum Gasteiger partial charge on any atom is 0.420 e. The number of hydrogen-bond donors (Lipinski definition) is 1. The van der Waals surface area contributed by atoms with Crippen molar-refractivity contribution in [2.45, 2.75) is 51.7 Å². The van der Waals surface area contributed by atoms with Gasteiger partial charge in [0, 0.05) is 17.8 Å². The van der Waals surface area contributed by atoms with Crippen LogP contribution in [0.25, 0.3) is 0 Å². The molecule has 1 saturated heterocycles. The minimum atomic E-state index is -0.581. The van der Waals surface area contributed by atoms with Gasteiger partial charge in [0.1, 0.15) is 11.4 Å². The summed E-state index contributed by atoms with van der Waals surface area (Å²) in [5, 5.41) is 3.55. The molecule has 2 aromatic rings. The molecule has 5 heteroatoms. The molecule has 0 saturated carbocycles. The van der Waals surface area contributed by atoms with Crippen LogP contribution in [-0.4, -0.2) is 23.2 Å². The van der Waals surface area contributed by atoms with Gasteiger partial charge in [-0.3, -0.25) is 0 Å². The average molecular weight is 353 g/mol. The van der Waals surface area contributed by atoms with Crippen molar-refractivity contribution in [2.75, 3.05) is 11.4 Å². The standard InChI is InChI=1S/C21H27N3O2/c1-21(2,3)26-20(25)24(16-10-5-4-6-11-16)19-17(12-9-15-23-19)18-13-7-8-14-22-18/h4-6,9-12,15,18,22H,7-8,13-14H2,1-3H3/t18-/m0/s1. The first-order valence-corrected chi connectivity index (χ1v) is 9.22. The molecule has 5 nitrogen and oxygen atoms in total. The fourth-order valence-corrected chi connectivity index (χ4v) is 3.18. The Morgan fingerprint density at radius 3 is 2.58 bits per heavy atom. The predicted molar refractivity (Wildman–Crippen MR) is 104 cm³/mol. The fraction of sp³-hybridized carbons (Fsp3) is 0.429. The summed E-state index contributed by atoms with van der Waals surface area (Å²) in [5.74, 6) is 0.632. The van der Waals surface area contributed by atoms with Crippen molar-refractivity contribution in [3.63, 3.8) is 0 Å². The molecule has 1 aromatic carbocycles. The van der Waals surface area contributed by atoms with E-state index in [4.69, 9.17) is 4.74 Å². The van der Waals surface area contributed by atoms with E-state index in [1.54, 1.807) is 11.1 Å². The van der Waals surface area contributed by atoms with Crippen LogP contribution in [-0.2, 0) is 4.74 Å². The van der Waals surface area contributed by atoms with E-state index in [0.717, 1.165) is 24.2 Å². The Balaban J connectivity index is 2.03. The Morgan fingerprint density at radius 2 is 1.92 bits per heavy atom. The smallest absolute Gasteiger partial charge is 0.420 e. The van der Waals surface area contributed by atoms with E-state index < -0.39 is 11.7 Å². The van der Waals surface area contributed by atoms with Gasteiger partial charge in [-0.25, -0.2) is 14.7 Å². The highest BCUT2D eigenvalue weighted by Crippen LogP contribution is 2.34. The van der Waals surface area contributed by atoms with Gasteiger partial charge in [-0.1, -0.05) is 30.7 Å². The number of benzene rings is 1. The van der Waals surface area contributed by atoms with Crippen LogP contribution in [0.3, 0.4) is 0 Å². The van der Waals surface area contributed by atoms with Crippen LogP contribution >= 0.6 is 0 Å². The molecule has 1 amide bonds. The summed E-state index contributed by atoms with van der Waals surface area (Å²) in [6, 6.07) is 13.7. The van der Waals surface area contributed by atoms with Crippen LogP contribution in [0.5, 0.6) is 0 Å². The minimum Gasteiger partial charge on any atom is -0.443 e. The normalized spacial score (nSPS) is 17.6. The summed E-state index contributed by atoms with van der Waals surface area (Å²) < 4.78 is 5.68. The van der Waals surface area contributed by atoms with Gasteiger partial charge in [0.2, 0.25) is 0 Å². The third-order valence-corrected chi connectivity index (χ3v) is 4.30. The molecule has 26 heavy (non-hydrogen) atoms. The molecule has 138 valence electrons. The molecule has 1 fully saturated rings. The van der Waals surface area contributed by atoms with Crippen molar-refractivity contribution in [3.8, 4) is 0 Å². The molecule has 0 spiro atoms. The molecular formula is C21H27N3O2. The molecule has 0 radical (unpaired) electrons. The zero-order valence-electron chi connectivity index (χ0n) is 15.7. The van der Waals surface area contributed by atoms with Crippen molar-refractivity contribution in [2.24, 2.45) is 0 Å². The Kier molecular flexibility index (Phi) is 5.57. The van der Waals surface area contributed by atoms with Crippen molar-refractivity contribution in [1.82, 2.24) is 10.3 Å². The third-order valence-electron chi connectivity index (χ3n) is 4.30. The number of aromatic nitrogens is 1. The van der Waals surface area contributed by atoms with Gasteiger partial charge in [0.25, 0.3) is 0 Å². The number of ether oxygens (including phenoxy) is 1. The Bertz CT molecular complexity index is 734. The summed E-state index contributed by atoms with van der Waals surface area (Å²) in [6.45, 7) is 6.60. The van der Waals surface area contributed by atoms with Gasteiger partial charge >= 0.3 is 6.09 Å². The van der Waals surface area contributed by atoms with Crippen LogP contribution in [0.2, 0.25) is 0 Å². The average Bonchev–Trinajstić information content (AvgIpc) is 2.62. The van der Waals surface area contributed by atoms with Gasteiger partial charge in [0.15, 0.2) is 0 Å². The number of carbonyl (C=O) groups is 1. The first-order chi connectivity index (χ1) is 12.5. The highest BCUT2D eigenvalue weighted by Gasteiger charge is 2.29. The highest BCUT2D eigenvalue weighted by atomic mass is 16.6. The lowest BCUT2D eigenvalue weighted by Crippen LogP contribution is -2.36. The van der Waals surface area contributed by atoms with Crippen LogP contribution in [0, 0.1) is 0 Å². The fourth-order valence-electron chi connectivity index (χ4n) is 3.18. The highest BCUT2D eigenvalue weighted by molar-refractivity contribution is 5.96. The molecule has 0 unspecified atom stereocenters. The van der Waals surface area contributed by atoms with Gasteiger partial charge in [0.05, 0.1) is 5.69 Å². The van der Waals surface area contributed by atoms with Crippen molar-refractivity contribution < 1.29 is 9.53 Å². The Labute approximate surface area is 155 Å². The predicted octanol–water partition coefficient (Wildman–Crippen LogP) is 4.97. The second-order valence-electron chi connectivity index (χ2n) is 7.57. The summed E-state index contributed by atoms with van der Waals surface area (Å²) in [4.78, 5) is 19.2. The van der Waals surface area contributed by atoms with E-state index in [2.05, 4.69) is 10.3 Å². The number of anilines is 2. The number of rotatable bonds is 3. The van der Waals surface area contributed by atoms with E-state index in [0.29, 0.717) is 5.82 Å². The van der Waals surface area contributed by atoms with Crippen molar-refractivity contribution in [1.29, 1.82) is 0 Å². The van der Waals surface area contributed by atoms with E-state index in [-0.39, 0.29) is 6.04 Å². The van der Waals surface area contributed by atoms with Gasteiger partial charge < -0.3 is 10.1 Å². The van der Waals surface area contributed by atoms with Crippen LogP contribution in [0.4, 0.5) is 16.3 Å². The number of para-hydroxylation sites is 1. The molecule has 2 heterocycles. The number of nitrogens with zero attached hydrogens (tertiary/aromatic N) is 2. The maximum absolute atomic E-state index is 13.0. The molecule has 1 aromatic heterocycles. The molecule has 1 atom stereocenters. The number of nitrogens with one attached hydrogen (secondary N) is 1. The SMILES string of the molecule is CC(C)(C)OC(=O)N(c1ccccc1)c1ncccc1[C@@H]1CCCCN1. The molecule has 3 rings (SSSR count). The lowest BCUT2D eigenvalue weighted by Gasteiger charge is -2.31. The van der Waals surface area contributed by atoms with E-state index in [1.165, 1.54) is 12.8 Å². The third kappa shape index (κ3) is 4.41. The second kappa shape index (κ2) is 7.87. The first-order valence-electron chi connectivity index (χ1n) is 9.22.